The van der Waals surface area contributed by atoms with Gasteiger partial charge in [0.25, 0.3) is 0 Å². The molecule has 4 aromatic rings. The second-order valence-corrected chi connectivity index (χ2v) is 15.4. The standard InChI is InChI=1S/C25H33N2P2.C5H5.Fe/c1-23(2,3)29(24(4,5)6)18-19-10-7-13-22(19)25(28,20-11-8-14-26-16-20)21-12-9-15-27-17-21;1-2-4-5-3-1;/h7-17H,18,28H2,1-6H3;1-5H;/q2*-1;+2. The minimum atomic E-state index is -0.363. The summed E-state index contributed by atoms with van der Waals surface area (Å²) in [6.45, 7) is 14.3. The first-order valence-electron chi connectivity index (χ1n) is 11.8. The summed E-state index contributed by atoms with van der Waals surface area (Å²) in [4.78, 5) is 8.85. The number of hydrogen-bond donors (Lipinski definition) is 0. The molecule has 0 bridgehead atoms. The number of nitrogens with zero attached hydrogens (tertiary/aromatic N) is 2. The van der Waals surface area contributed by atoms with E-state index in [2.05, 4.69) is 91.1 Å². The Bertz CT molecular complexity index is 1040. The van der Waals surface area contributed by atoms with Gasteiger partial charge in [0, 0.05) is 29.9 Å². The summed E-state index contributed by atoms with van der Waals surface area (Å²) in [6, 6.07) is 25.2. The molecule has 0 aliphatic rings. The topological polar surface area (TPSA) is 25.8 Å². The van der Waals surface area contributed by atoms with Gasteiger partial charge in [-0.2, -0.15) is 35.9 Å². The molecule has 0 aliphatic carbocycles. The van der Waals surface area contributed by atoms with E-state index in [1.165, 1.54) is 22.3 Å². The SMILES string of the molecule is CC(C)(C)P(Cc1cc[cH-]c1C(P)(c1cccnc1)c1cccnc1)C(C)(C)C.[Fe+2].c1cc[cH-]c1. The van der Waals surface area contributed by atoms with Crippen LogP contribution < -0.4 is 0 Å². The number of rotatable bonds is 5. The summed E-state index contributed by atoms with van der Waals surface area (Å²) in [5.74, 6) is 0. The van der Waals surface area contributed by atoms with Gasteiger partial charge >= 0.3 is 17.1 Å². The van der Waals surface area contributed by atoms with E-state index >= 15 is 0 Å². The zero-order valence-corrected chi connectivity index (χ0v) is 24.9. The van der Waals surface area contributed by atoms with Gasteiger partial charge in [-0.05, 0) is 33.6 Å². The summed E-state index contributed by atoms with van der Waals surface area (Å²) in [6.07, 6.45) is 8.74. The fourth-order valence-electron chi connectivity index (χ4n) is 4.62. The molecule has 0 fully saturated rings. The summed E-state index contributed by atoms with van der Waals surface area (Å²) < 4.78 is 0. The zero-order chi connectivity index (χ0) is 24.8. The Labute approximate surface area is 226 Å². The molecule has 35 heavy (non-hydrogen) atoms. The van der Waals surface area contributed by atoms with Crippen molar-refractivity contribution in [2.45, 2.75) is 63.2 Å². The normalized spacial score (nSPS) is 12.0. The Morgan fingerprint density at radius 1 is 0.771 bits per heavy atom. The molecule has 186 valence electrons. The fourth-order valence-corrected chi connectivity index (χ4v) is 8.82. The first-order valence-corrected chi connectivity index (χ1v) is 13.9. The van der Waals surface area contributed by atoms with E-state index in [0.29, 0.717) is 0 Å². The van der Waals surface area contributed by atoms with Crippen molar-refractivity contribution in [3.63, 3.8) is 0 Å². The maximum atomic E-state index is 4.43. The third kappa shape index (κ3) is 7.44. The van der Waals surface area contributed by atoms with Crippen LogP contribution in [0.1, 0.15) is 63.8 Å². The van der Waals surface area contributed by atoms with Gasteiger partial charge in [0.05, 0.1) is 0 Å². The van der Waals surface area contributed by atoms with Gasteiger partial charge < -0.3 is 0 Å². The number of hydrogen-bond acceptors (Lipinski definition) is 2. The van der Waals surface area contributed by atoms with Crippen LogP contribution in [0.4, 0.5) is 0 Å². The average Bonchev–Trinajstić information content (AvgIpc) is 3.52. The van der Waals surface area contributed by atoms with Crippen LogP contribution in [0.2, 0.25) is 0 Å². The van der Waals surface area contributed by atoms with Crippen LogP contribution in [0, 0.1) is 0 Å². The molecule has 2 heterocycles. The first-order chi connectivity index (χ1) is 16.0. The van der Waals surface area contributed by atoms with Crippen LogP contribution in [0.3, 0.4) is 0 Å². The molecule has 0 saturated carbocycles. The zero-order valence-electron chi connectivity index (χ0n) is 21.7. The maximum absolute atomic E-state index is 4.43. The van der Waals surface area contributed by atoms with E-state index in [1.807, 2.05) is 67.3 Å². The molecule has 0 aliphatic heterocycles. The van der Waals surface area contributed by atoms with Gasteiger partial charge in [-0.15, -0.1) is 22.7 Å². The second kappa shape index (κ2) is 12.6. The van der Waals surface area contributed by atoms with Crippen molar-refractivity contribution >= 4 is 17.2 Å². The van der Waals surface area contributed by atoms with Crippen molar-refractivity contribution < 1.29 is 17.1 Å². The minimum Gasteiger partial charge on any atom is -0.264 e. The van der Waals surface area contributed by atoms with Gasteiger partial charge in [-0.25, -0.2) is 18.2 Å². The van der Waals surface area contributed by atoms with Crippen LogP contribution in [0.15, 0.2) is 97.6 Å². The van der Waals surface area contributed by atoms with Crippen molar-refractivity contribution in [2.24, 2.45) is 0 Å². The molecule has 0 amide bonds. The van der Waals surface area contributed by atoms with Crippen molar-refractivity contribution in [1.29, 1.82) is 0 Å². The van der Waals surface area contributed by atoms with Gasteiger partial charge in [0.2, 0.25) is 0 Å². The van der Waals surface area contributed by atoms with E-state index in [9.17, 15) is 0 Å². The van der Waals surface area contributed by atoms with E-state index < -0.39 is 0 Å². The quantitative estimate of drug-likeness (QED) is 0.143. The van der Waals surface area contributed by atoms with E-state index in [4.69, 9.17) is 0 Å². The molecule has 1 unspecified atom stereocenters. The Morgan fingerprint density at radius 3 is 1.66 bits per heavy atom. The van der Waals surface area contributed by atoms with Crippen molar-refractivity contribution in [3.8, 4) is 0 Å². The van der Waals surface area contributed by atoms with E-state index in [-0.39, 0.29) is 40.5 Å². The van der Waals surface area contributed by atoms with Gasteiger partial charge in [0.15, 0.2) is 0 Å². The molecule has 2 nitrogen and oxygen atoms in total. The van der Waals surface area contributed by atoms with E-state index in [1.54, 1.807) is 0 Å². The molecule has 1 atom stereocenters. The number of pyridine rings is 2. The van der Waals surface area contributed by atoms with Crippen LogP contribution in [-0.4, -0.2) is 20.3 Å². The van der Waals surface area contributed by atoms with Crippen molar-refractivity contribution in [3.05, 3.63) is 120 Å². The Hall–Kier alpha value is -1.62. The predicted octanol–water partition coefficient (Wildman–Crippen LogP) is 8.34. The molecule has 5 heteroatoms. The van der Waals surface area contributed by atoms with E-state index in [0.717, 1.165) is 6.16 Å². The van der Waals surface area contributed by atoms with Gasteiger partial charge in [-0.1, -0.05) is 59.8 Å². The summed E-state index contributed by atoms with van der Waals surface area (Å²) in [7, 11) is 2.90. The number of aromatic nitrogens is 2. The maximum Gasteiger partial charge on any atom is 2.00 e. The largest absolute Gasteiger partial charge is 2.00 e. The van der Waals surface area contributed by atoms with Crippen LogP contribution in [-0.2, 0) is 28.4 Å². The molecular weight excluding hydrogens is 506 g/mol. The van der Waals surface area contributed by atoms with Gasteiger partial charge in [-0.3, -0.25) is 9.97 Å². The van der Waals surface area contributed by atoms with Crippen molar-refractivity contribution in [2.75, 3.05) is 0 Å². The van der Waals surface area contributed by atoms with Crippen LogP contribution in [0.25, 0.3) is 0 Å². The van der Waals surface area contributed by atoms with Crippen LogP contribution >= 0.6 is 17.2 Å². The molecule has 0 radical (unpaired) electrons. The minimum absolute atomic E-state index is 0. The molecule has 2 aromatic carbocycles. The molecule has 0 N–H and O–H groups in total. The first kappa shape index (κ1) is 29.6. The molecular formula is C30H38FeN2P2. The average molecular weight is 544 g/mol. The predicted molar refractivity (Wildman–Crippen MR) is 152 cm³/mol. The Morgan fingerprint density at radius 2 is 1.29 bits per heavy atom. The second-order valence-electron chi connectivity index (χ2n) is 10.6. The molecule has 0 saturated heterocycles. The van der Waals surface area contributed by atoms with Crippen LogP contribution in [0.5, 0.6) is 0 Å². The Balaban J connectivity index is 0.000000640. The van der Waals surface area contributed by atoms with Gasteiger partial charge in [0.1, 0.15) is 0 Å². The summed E-state index contributed by atoms with van der Waals surface area (Å²) in [5.41, 5.74) is 5.11. The van der Waals surface area contributed by atoms with Crippen molar-refractivity contribution in [1.82, 2.24) is 9.97 Å². The third-order valence-electron chi connectivity index (χ3n) is 6.07. The third-order valence-corrected chi connectivity index (χ3v) is 10.9. The Kier molecular flexibility index (Phi) is 10.6. The monoisotopic (exact) mass is 544 g/mol. The summed E-state index contributed by atoms with van der Waals surface area (Å²) in [5, 5.41) is 0.209. The molecule has 4 rings (SSSR count). The summed E-state index contributed by atoms with van der Waals surface area (Å²) >= 11 is 0. The smallest absolute Gasteiger partial charge is 0.264 e. The molecule has 2 aromatic heterocycles. The molecule has 0 spiro atoms. The fraction of sp³-hybridized carbons (Fsp3) is 0.333.